The van der Waals surface area contributed by atoms with E-state index in [1.54, 1.807) is 6.26 Å². The molecule has 0 aliphatic carbocycles. The molecule has 0 spiro atoms. The maximum absolute atomic E-state index is 6.14. The zero-order chi connectivity index (χ0) is 13.8. The quantitative estimate of drug-likeness (QED) is 0.861. The van der Waals surface area contributed by atoms with E-state index in [2.05, 4.69) is 44.3 Å². The Kier molecular flexibility index (Phi) is 4.67. The van der Waals surface area contributed by atoms with Crippen molar-refractivity contribution in [1.29, 1.82) is 0 Å². The van der Waals surface area contributed by atoms with Gasteiger partial charge in [0.2, 0.25) is 0 Å². The van der Waals surface area contributed by atoms with E-state index in [0.717, 1.165) is 18.5 Å². The van der Waals surface area contributed by atoms with E-state index >= 15 is 0 Å². The van der Waals surface area contributed by atoms with Crippen LogP contribution < -0.4 is 5.32 Å². The second-order valence-corrected chi connectivity index (χ2v) is 5.24. The molecule has 0 saturated heterocycles. The van der Waals surface area contributed by atoms with E-state index in [4.69, 9.17) is 16.0 Å². The van der Waals surface area contributed by atoms with Gasteiger partial charge in [0.15, 0.2) is 5.22 Å². The molecule has 1 unspecified atom stereocenters. The Balaban J connectivity index is 2.40. The average Bonchev–Trinajstić information content (AvgIpc) is 2.78. The van der Waals surface area contributed by atoms with Crippen LogP contribution in [0.15, 0.2) is 34.9 Å². The van der Waals surface area contributed by atoms with Crippen molar-refractivity contribution in [3.05, 3.63) is 58.0 Å². The minimum Gasteiger partial charge on any atom is -0.453 e. The standard InChI is InChI=1S/C16H20ClNO/c1-4-8-18-15(14-7-9-19-16(14)17)13-6-5-11(2)10-12(13)3/h5-7,9-10,15,18H,4,8H2,1-3H3. The Morgan fingerprint density at radius 1 is 1.21 bits per heavy atom. The van der Waals surface area contributed by atoms with Gasteiger partial charge in [-0.2, -0.15) is 0 Å². The van der Waals surface area contributed by atoms with Crippen molar-refractivity contribution >= 4 is 11.6 Å². The van der Waals surface area contributed by atoms with Crippen LogP contribution >= 0.6 is 11.6 Å². The van der Waals surface area contributed by atoms with Crippen molar-refractivity contribution in [2.75, 3.05) is 6.54 Å². The van der Waals surface area contributed by atoms with Crippen molar-refractivity contribution < 1.29 is 4.42 Å². The van der Waals surface area contributed by atoms with Crippen LogP contribution in [-0.4, -0.2) is 6.54 Å². The van der Waals surface area contributed by atoms with Crippen molar-refractivity contribution in [3.63, 3.8) is 0 Å². The molecule has 1 aromatic carbocycles. The number of rotatable bonds is 5. The SMILES string of the molecule is CCCNC(c1ccc(C)cc1C)c1ccoc1Cl. The molecule has 1 aromatic heterocycles. The summed E-state index contributed by atoms with van der Waals surface area (Å²) in [7, 11) is 0. The summed E-state index contributed by atoms with van der Waals surface area (Å²) >= 11 is 6.14. The molecule has 0 fully saturated rings. The van der Waals surface area contributed by atoms with E-state index in [0.29, 0.717) is 5.22 Å². The lowest BCUT2D eigenvalue weighted by atomic mass is 9.95. The molecular formula is C16H20ClNO. The number of furan rings is 1. The number of hydrogen-bond donors (Lipinski definition) is 1. The third kappa shape index (κ3) is 3.20. The van der Waals surface area contributed by atoms with Gasteiger partial charge in [0.25, 0.3) is 0 Å². The summed E-state index contributed by atoms with van der Waals surface area (Å²) in [5, 5.41) is 4.01. The molecule has 0 aliphatic rings. The molecule has 0 radical (unpaired) electrons. The first-order valence-electron chi connectivity index (χ1n) is 6.67. The highest BCUT2D eigenvalue weighted by atomic mass is 35.5. The monoisotopic (exact) mass is 277 g/mol. The molecule has 0 aliphatic heterocycles. The Labute approximate surface area is 119 Å². The lowest BCUT2D eigenvalue weighted by Gasteiger charge is -2.20. The molecule has 19 heavy (non-hydrogen) atoms. The van der Waals surface area contributed by atoms with Gasteiger partial charge in [-0.15, -0.1) is 0 Å². The maximum Gasteiger partial charge on any atom is 0.198 e. The molecule has 3 heteroatoms. The molecular weight excluding hydrogens is 258 g/mol. The van der Waals surface area contributed by atoms with Gasteiger partial charge in [-0.3, -0.25) is 0 Å². The summed E-state index contributed by atoms with van der Waals surface area (Å²) in [5.41, 5.74) is 4.80. The lowest BCUT2D eigenvalue weighted by Crippen LogP contribution is -2.23. The van der Waals surface area contributed by atoms with Crippen LogP contribution in [-0.2, 0) is 0 Å². The van der Waals surface area contributed by atoms with Gasteiger partial charge in [0.05, 0.1) is 12.3 Å². The minimum atomic E-state index is 0.0896. The second kappa shape index (κ2) is 6.27. The zero-order valence-corrected chi connectivity index (χ0v) is 12.4. The first-order valence-corrected chi connectivity index (χ1v) is 7.04. The fourth-order valence-corrected chi connectivity index (χ4v) is 2.56. The molecule has 2 nitrogen and oxygen atoms in total. The number of hydrogen-bond acceptors (Lipinski definition) is 2. The van der Waals surface area contributed by atoms with E-state index in [9.17, 15) is 0 Å². The smallest absolute Gasteiger partial charge is 0.198 e. The minimum absolute atomic E-state index is 0.0896. The summed E-state index contributed by atoms with van der Waals surface area (Å²) in [6.07, 6.45) is 2.72. The first kappa shape index (κ1) is 14.2. The third-order valence-corrected chi connectivity index (χ3v) is 3.60. The highest BCUT2D eigenvalue weighted by Gasteiger charge is 2.19. The van der Waals surface area contributed by atoms with Crippen LogP contribution in [0.25, 0.3) is 0 Å². The number of benzene rings is 1. The normalized spacial score (nSPS) is 12.6. The van der Waals surface area contributed by atoms with Crippen LogP contribution in [0, 0.1) is 13.8 Å². The Morgan fingerprint density at radius 2 is 2.00 bits per heavy atom. The molecule has 2 rings (SSSR count). The number of halogens is 1. The van der Waals surface area contributed by atoms with E-state index < -0.39 is 0 Å². The number of aryl methyl sites for hydroxylation is 2. The highest BCUT2D eigenvalue weighted by molar-refractivity contribution is 6.29. The predicted molar refractivity (Wildman–Crippen MR) is 79.8 cm³/mol. The van der Waals surface area contributed by atoms with Gasteiger partial charge in [0.1, 0.15) is 0 Å². The van der Waals surface area contributed by atoms with Crippen molar-refractivity contribution in [1.82, 2.24) is 5.32 Å². The third-order valence-electron chi connectivity index (χ3n) is 3.29. The largest absolute Gasteiger partial charge is 0.453 e. The summed E-state index contributed by atoms with van der Waals surface area (Å²) in [6, 6.07) is 8.53. The van der Waals surface area contributed by atoms with Crippen LogP contribution in [0.3, 0.4) is 0 Å². The highest BCUT2D eigenvalue weighted by Crippen LogP contribution is 2.31. The van der Waals surface area contributed by atoms with Gasteiger partial charge in [-0.05, 0) is 55.6 Å². The van der Waals surface area contributed by atoms with Crippen molar-refractivity contribution in [3.8, 4) is 0 Å². The van der Waals surface area contributed by atoms with E-state index in [1.807, 2.05) is 6.07 Å². The van der Waals surface area contributed by atoms with Crippen molar-refractivity contribution in [2.45, 2.75) is 33.2 Å². The summed E-state index contributed by atoms with van der Waals surface area (Å²) in [6.45, 7) is 7.34. The summed E-state index contributed by atoms with van der Waals surface area (Å²) in [4.78, 5) is 0. The molecule has 1 heterocycles. The molecule has 2 aromatic rings. The zero-order valence-electron chi connectivity index (χ0n) is 11.7. The Hall–Kier alpha value is -1.25. The summed E-state index contributed by atoms with van der Waals surface area (Å²) < 4.78 is 5.24. The fourth-order valence-electron chi connectivity index (χ4n) is 2.34. The second-order valence-electron chi connectivity index (χ2n) is 4.90. The van der Waals surface area contributed by atoms with Gasteiger partial charge < -0.3 is 9.73 Å². The van der Waals surface area contributed by atoms with Crippen LogP contribution in [0.5, 0.6) is 0 Å². The van der Waals surface area contributed by atoms with Gasteiger partial charge in [-0.1, -0.05) is 30.7 Å². The van der Waals surface area contributed by atoms with Gasteiger partial charge in [-0.25, -0.2) is 0 Å². The van der Waals surface area contributed by atoms with Crippen LogP contribution in [0.2, 0.25) is 5.22 Å². The molecule has 0 bridgehead atoms. The topological polar surface area (TPSA) is 25.2 Å². The molecule has 0 saturated carbocycles. The van der Waals surface area contributed by atoms with Crippen LogP contribution in [0.4, 0.5) is 0 Å². The Morgan fingerprint density at radius 3 is 2.58 bits per heavy atom. The number of nitrogens with one attached hydrogen (secondary N) is 1. The predicted octanol–water partition coefficient (Wildman–Crippen LogP) is 4.64. The molecule has 1 atom stereocenters. The Bertz CT molecular complexity index is 547. The molecule has 1 N–H and O–H groups in total. The first-order chi connectivity index (χ1) is 9.13. The van der Waals surface area contributed by atoms with Gasteiger partial charge >= 0.3 is 0 Å². The van der Waals surface area contributed by atoms with E-state index in [-0.39, 0.29) is 6.04 Å². The molecule has 0 amide bonds. The van der Waals surface area contributed by atoms with Crippen LogP contribution in [0.1, 0.15) is 41.6 Å². The fraction of sp³-hybridized carbons (Fsp3) is 0.375. The average molecular weight is 278 g/mol. The summed E-state index contributed by atoms with van der Waals surface area (Å²) in [5.74, 6) is 0. The molecule has 102 valence electrons. The van der Waals surface area contributed by atoms with E-state index in [1.165, 1.54) is 16.7 Å². The maximum atomic E-state index is 6.14. The van der Waals surface area contributed by atoms with Gasteiger partial charge in [0, 0.05) is 5.56 Å². The van der Waals surface area contributed by atoms with Crippen molar-refractivity contribution in [2.24, 2.45) is 0 Å². The lowest BCUT2D eigenvalue weighted by molar-refractivity contribution is 0.549.